The van der Waals surface area contributed by atoms with Crippen molar-refractivity contribution in [2.75, 3.05) is 0 Å². The van der Waals surface area contributed by atoms with Gasteiger partial charge in [0.2, 0.25) is 0 Å². The van der Waals surface area contributed by atoms with Crippen molar-refractivity contribution in [3.8, 4) is 0 Å². The van der Waals surface area contributed by atoms with Crippen LogP contribution in [-0.2, 0) is 11.0 Å². The number of halogens is 2. The van der Waals surface area contributed by atoms with Crippen LogP contribution in [0.25, 0.3) is 0 Å². The number of benzene rings is 3. The van der Waals surface area contributed by atoms with Gasteiger partial charge in [-0.1, -0.05) is 111 Å². The SMILES string of the molecule is CC(C)(C)[Si](OCc1c(Cl)cccc1Cl)(c1ccccc1)c1ccccc1. The standard InChI is InChI=1S/C23H24Cl2OSi/c1-23(2,3)27(18-11-6-4-7-12-18,19-13-8-5-9-14-19)26-17-20-21(24)15-10-16-22(20)25/h4-16H,17H2,1-3H3. The summed E-state index contributed by atoms with van der Waals surface area (Å²) in [5, 5.41) is 3.68. The summed E-state index contributed by atoms with van der Waals surface area (Å²) in [4.78, 5) is 0. The van der Waals surface area contributed by atoms with Gasteiger partial charge in [0.1, 0.15) is 0 Å². The molecule has 0 spiro atoms. The Morgan fingerprint density at radius 3 is 1.56 bits per heavy atom. The summed E-state index contributed by atoms with van der Waals surface area (Å²) in [6.45, 7) is 7.15. The first-order valence-corrected chi connectivity index (χ1v) is 11.7. The molecular weight excluding hydrogens is 391 g/mol. The average molecular weight is 415 g/mol. The van der Waals surface area contributed by atoms with E-state index in [1.165, 1.54) is 10.4 Å². The van der Waals surface area contributed by atoms with Crippen LogP contribution in [-0.4, -0.2) is 8.32 Å². The first-order valence-electron chi connectivity index (χ1n) is 9.04. The van der Waals surface area contributed by atoms with Crippen LogP contribution in [0.3, 0.4) is 0 Å². The lowest BCUT2D eigenvalue weighted by Gasteiger charge is -2.43. The zero-order valence-electron chi connectivity index (χ0n) is 15.9. The second kappa shape index (κ2) is 8.20. The Labute approximate surface area is 173 Å². The van der Waals surface area contributed by atoms with E-state index in [2.05, 4.69) is 69.3 Å². The summed E-state index contributed by atoms with van der Waals surface area (Å²) in [6, 6.07) is 26.7. The molecule has 1 nitrogen and oxygen atoms in total. The summed E-state index contributed by atoms with van der Waals surface area (Å²) in [5.41, 5.74) is 0.842. The van der Waals surface area contributed by atoms with Crippen LogP contribution in [0.5, 0.6) is 0 Å². The number of rotatable bonds is 5. The Hall–Kier alpha value is -1.58. The van der Waals surface area contributed by atoms with Crippen LogP contribution in [0.2, 0.25) is 15.1 Å². The highest BCUT2D eigenvalue weighted by Crippen LogP contribution is 2.38. The molecule has 4 heteroatoms. The molecule has 0 amide bonds. The third-order valence-electron chi connectivity index (χ3n) is 4.91. The summed E-state index contributed by atoms with van der Waals surface area (Å²) in [5.74, 6) is 0. The van der Waals surface area contributed by atoms with Crippen LogP contribution < -0.4 is 10.4 Å². The van der Waals surface area contributed by atoms with Crippen LogP contribution in [0.1, 0.15) is 26.3 Å². The van der Waals surface area contributed by atoms with Crippen molar-refractivity contribution in [1.82, 2.24) is 0 Å². The maximum Gasteiger partial charge on any atom is 0.261 e. The molecule has 3 aromatic carbocycles. The predicted octanol–water partition coefficient (Wildman–Crippen LogP) is 6.07. The minimum absolute atomic E-state index is 0.0799. The highest BCUT2D eigenvalue weighted by molar-refractivity contribution is 6.99. The first-order chi connectivity index (χ1) is 12.9. The van der Waals surface area contributed by atoms with E-state index >= 15 is 0 Å². The van der Waals surface area contributed by atoms with Gasteiger partial charge in [-0.25, -0.2) is 0 Å². The molecule has 0 saturated heterocycles. The molecule has 0 atom stereocenters. The Morgan fingerprint density at radius 2 is 1.15 bits per heavy atom. The zero-order chi connectivity index (χ0) is 19.5. The zero-order valence-corrected chi connectivity index (χ0v) is 18.4. The lowest BCUT2D eigenvalue weighted by Crippen LogP contribution is -2.66. The van der Waals surface area contributed by atoms with Gasteiger partial charge in [0.05, 0.1) is 6.61 Å². The Morgan fingerprint density at radius 1 is 0.704 bits per heavy atom. The fraction of sp³-hybridized carbons (Fsp3) is 0.217. The van der Waals surface area contributed by atoms with Crippen molar-refractivity contribution < 1.29 is 4.43 Å². The molecular formula is C23H24Cl2OSi. The molecule has 0 heterocycles. The Kier molecular flexibility index (Phi) is 6.12. The second-order valence-corrected chi connectivity index (χ2v) is 12.8. The molecule has 0 aromatic heterocycles. The van der Waals surface area contributed by atoms with Crippen LogP contribution in [0, 0.1) is 0 Å². The lowest BCUT2D eigenvalue weighted by atomic mass is 10.2. The third kappa shape index (κ3) is 4.00. The van der Waals surface area contributed by atoms with Gasteiger partial charge in [-0.2, -0.15) is 0 Å². The highest BCUT2D eigenvalue weighted by Gasteiger charge is 2.50. The minimum atomic E-state index is -2.60. The molecule has 0 aliphatic heterocycles. The smallest absolute Gasteiger partial charge is 0.261 e. The van der Waals surface area contributed by atoms with Crippen LogP contribution >= 0.6 is 23.2 Å². The molecule has 0 bridgehead atoms. The van der Waals surface area contributed by atoms with Gasteiger partial charge in [-0.15, -0.1) is 0 Å². The highest BCUT2D eigenvalue weighted by atomic mass is 35.5. The summed E-state index contributed by atoms with van der Waals surface area (Å²) < 4.78 is 6.88. The fourth-order valence-electron chi connectivity index (χ4n) is 3.61. The van der Waals surface area contributed by atoms with Crippen molar-refractivity contribution in [3.63, 3.8) is 0 Å². The molecule has 0 fully saturated rings. The van der Waals surface area contributed by atoms with E-state index in [0.717, 1.165) is 5.56 Å². The maximum absolute atomic E-state index is 6.88. The number of hydrogen-bond acceptors (Lipinski definition) is 1. The summed E-state index contributed by atoms with van der Waals surface area (Å²) in [6.07, 6.45) is 0. The molecule has 3 rings (SSSR count). The molecule has 27 heavy (non-hydrogen) atoms. The molecule has 0 aliphatic carbocycles. The topological polar surface area (TPSA) is 9.23 Å². The molecule has 3 aromatic rings. The van der Waals surface area contributed by atoms with Gasteiger partial charge in [-0.05, 0) is 27.5 Å². The van der Waals surface area contributed by atoms with E-state index in [0.29, 0.717) is 16.7 Å². The average Bonchev–Trinajstić information content (AvgIpc) is 2.65. The van der Waals surface area contributed by atoms with E-state index in [1.807, 2.05) is 30.3 Å². The van der Waals surface area contributed by atoms with Gasteiger partial charge in [0, 0.05) is 15.6 Å². The molecule has 0 unspecified atom stereocenters. The van der Waals surface area contributed by atoms with Gasteiger partial charge < -0.3 is 4.43 Å². The van der Waals surface area contributed by atoms with Crippen molar-refractivity contribution in [2.45, 2.75) is 32.4 Å². The maximum atomic E-state index is 6.88. The number of hydrogen-bond donors (Lipinski definition) is 0. The van der Waals surface area contributed by atoms with Crippen molar-refractivity contribution >= 4 is 41.9 Å². The Balaban J connectivity index is 2.15. The van der Waals surface area contributed by atoms with Crippen molar-refractivity contribution in [1.29, 1.82) is 0 Å². The molecule has 0 radical (unpaired) electrons. The fourth-order valence-corrected chi connectivity index (χ4v) is 8.64. The minimum Gasteiger partial charge on any atom is -0.403 e. The third-order valence-corrected chi connectivity index (χ3v) is 10.6. The van der Waals surface area contributed by atoms with Crippen LogP contribution in [0.4, 0.5) is 0 Å². The first kappa shape index (κ1) is 20.2. The van der Waals surface area contributed by atoms with E-state index in [4.69, 9.17) is 27.6 Å². The van der Waals surface area contributed by atoms with Gasteiger partial charge in [-0.3, -0.25) is 0 Å². The molecule has 0 aliphatic rings. The molecule has 0 saturated carbocycles. The summed E-state index contributed by atoms with van der Waals surface area (Å²) in [7, 11) is -2.60. The van der Waals surface area contributed by atoms with Crippen molar-refractivity contribution in [2.24, 2.45) is 0 Å². The van der Waals surface area contributed by atoms with E-state index in [1.54, 1.807) is 0 Å². The summed E-state index contributed by atoms with van der Waals surface area (Å²) >= 11 is 12.8. The lowest BCUT2D eigenvalue weighted by molar-refractivity contribution is 0.286. The predicted molar refractivity (Wildman–Crippen MR) is 119 cm³/mol. The van der Waals surface area contributed by atoms with Crippen LogP contribution in [0.15, 0.2) is 78.9 Å². The largest absolute Gasteiger partial charge is 0.403 e. The normalized spacial score (nSPS) is 12.2. The van der Waals surface area contributed by atoms with Gasteiger partial charge >= 0.3 is 0 Å². The monoisotopic (exact) mass is 414 g/mol. The van der Waals surface area contributed by atoms with Crippen molar-refractivity contribution in [3.05, 3.63) is 94.5 Å². The van der Waals surface area contributed by atoms with E-state index in [9.17, 15) is 0 Å². The van der Waals surface area contributed by atoms with E-state index < -0.39 is 8.32 Å². The molecule has 0 N–H and O–H groups in total. The van der Waals surface area contributed by atoms with Gasteiger partial charge in [0.15, 0.2) is 0 Å². The second-order valence-electron chi connectivity index (χ2n) is 7.65. The van der Waals surface area contributed by atoms with E-state index in [-0.39, 0.29) is 5.04 Å². The van der Waals surface area contributed by atoms with Gasteiger partial charge in [0.25, 0.3) is 8.32 Å². The Bertz CT molecular complexity index is 830. The quantitative estimate of drug-likeness (QED) is 0.460. The molecule has 140 valence electrons.